The third-order valence-electron chi connectivity index (χ3n) is 2.41. The minimum absolute atomic E-state index is 0.426. The third kappa shape index (κ3) is 3.33. The van der Waals surface area contributed by atoms with E-state index in [1.165, 1.54) is 21.3 Å². The molecule has 0 saturated carbocycles. The molecule has 0 saturated heterocycles. The van der Waals surface area contributed by atoms with Crippen LogP contribution in [0, 0.1) is 0 Å². The van der Waals surface area contributed by atoms with Gasteiger partial charge in [0, 0.05) is 26.9 Å². The van der Waals surface area contributed by atoms with Gasteiger partial charge in [-0.25, -0.2) is 0 Å². The van der Waals surface area contributed by atoms with Crippen LogP contribution in [-0.2, 0) is 17.7 Å². The summed E-state index contributed by atoms with van der Waals surface area (Å²) in [7, 11) is 2.91. The maximum atomic E-state index is 5.58. The Morgan fingerprint density at radius 1 is 0.944 bits per heavy atom. The van der Waals surface area contributed by atoms with Crippen molar-refractivity contribution in [1.82, 2.24) is 0 Å². The fourth-order valence-corrected chi connectivity index (χ4v) is 2.53. The molecule has 1 aromatic carbocycles. The zero-order chi connectivity index (χ0) is 13.6. The molecule has 0 bridgehead atoms. The Morgan fingerprint density at radius 2 is 1.44 bits per heavy atom. The van der Waals surface area contributed by atoms with Crippen LogP contribution >= 0.6 is 0 Å². The van der Waals surface area contributed by atoms with Gasteiger partial charge in [-0.1, -0.05) is 6.58 Å². The van der Waals surface area contributed by atoms with E-state index in [9.17, 15) is 0 Å². The quantitative estimate of drug-likeness (QED) is 0.560. The molecule has 0 aliphatic carbocycles. The number of hydrogen-bond acceptors (Lipinski definition) is 5. The van der Waals surface area contributed by atoms with Crippen molar-refractivity contribution in [3.05, 3.63) is 36.4 Å². The van der Waals surface area contributed by atoms with Gasteiger partial charge in [0.2, 0.25) is 0 Å². The van der Waals surface area contributed by atoms with Crippen molar-refractivity contribution in [2.75, 3.05) is 28.4 Å². The molecular weight excluding hydrogens is 252 g/mol. The molecule has 6 heteroatoms. The second-order valence-electron chi connectivity index (χ2n) is 3.37. The molecule has 0 radical (unpaired) electrons. The predicted octanol–water partition coefficient (Wildman–Crippen LogP) is 2.06. The summed E-state index contributed by atoms with van der Waals surface area (Å²) >= 11 is 0. The maximum absolute atomic E-state index is 5.58. The van der Waals surface area contributed by atoms with Crippen LogP contribution in [-0.4, -0.2) is 37.5 Å². The number of benzene rings is 1. The first-order chi connectivity index (χ1) is 8.60. The van der Waals surface area contributed by atoms with E-state index in [0.717, 1.165) is 11.3 Å². The largest absolute Gasteiger partial charge is 0.748 e. The highest BCUT2D eigenvalue weighted by Crippen LogP contribution is 2.22. The van der Waals surface area contributed by atoms with Gasteiger partial charge in [0.05, 0.1) is 7.11 Å². The van der Waals surface area contributed by atoms with Crippen molar-refractivity contribution in [3.8, 4) is 5.75 Å². The smallest absolute Gasteiger partial charge is 0.497 e. The van der Waals surface area contributed by atoms with Crippen molar-refractivity contribution < 1.29 is 22.4 Å². The summed E-state index contributed by atoms with van der Waals surface area (Å²) in [5.74, 6) is 1.19. The third-order valence-corrected chi connectivity index (χ3v) is 4.41. The Hall–Kier alpha value is -1.34. The summed E-state index contributed by atoms with van der Waals surface area (Å²) in [5.41, 5.74) is 0.804. The van der Waals surface area contributed by atoms with Gasteiger partial charge in [-0.15, -0.1) is 0 Å². The molecule has 0 atom stereocenters. The minimum Gasteiger partial charge on any atom is -0.497 e. The molecule has 0 fully saturated rings. The lowest BCUT2D eigenvalue weighted by atomic mass is 10.2. The minimum atomic E-state index is -3.12. The molecule has 18 heavy (non-hydrogen) atoms. The average molecular weight is 270 g/mol. The monoisotopic (exact) mass is 270 g/mol. The Bertz CT molecular complexity index is 378. The summed E-state index contributed by atoms with van der Waals surface area (Å²) in [5, 5.41) is 0. The highest BCUT2D eigenvalue weighted by atomic mass is 28.4. The van der Waals surface area contributed by atoms with E-state index < -0.39 is 9.05 Å². The van der Waals surface area contributed by atoms with Crippen LogP contribution in [0.2, 0.25) is 0 Å². The van der Waals surface area contributed by atoms with Crippen LogP contribution in [0.5, 0.6) is 5.75 Å². The van der Waals surface area contributed by atoms with Crippen LogP contribution < -0.4 is 4.74 Å². The summed E-state index contributed by atoms with van der Waals surface area (Å²) in [6, 6.07) is 7.31. The Balaban J connectivity index is 2.80. The van der Waals surface area contributed by atoms with Crippen molar-refractivity contribution in [2.45, 2.75) is 0 Å². The zero-order valence-electron chi connectivity index (χ0n) is 11.1. The van der Waals surface area contributed by atoms with Gasteiger partial charge in [0.25, 0.3) is 0 Å². The molecule has 0 unspecified atom stereocenters. The lowest BCUT2D eigenvalue weighted by molar-refractivity contribution is 0.0414. The van der Waals surface area contributed by atoms with Crippen molar-refractivity contribution in [1.29, 1.82) is 0 Å². The molecule has 1 rings (SSSR count). The van der Waals surface area contributed by atoms with Gasteiger partial charge in [0.15, 0.2) is 0 Å². The first-order valence-electron chi connectivity index (χ1n) is 5.28. The van der Waals surface area contributed by atoms with E-state index in [0.29, 0.717) is 5.76 Å². The highest BCUT2D eigenvalue weighted by molar-refractivity contribution is 6.54. The molecule has 0 aliphatic rings. The van der Waals surface area contributed by atoms with Crippen molar-refractivity contribution >= 4 is 14.8 Å². The summed E-state index contributed by atoms with van der Waals surface area (Å²) in [4.78, 5) is 0. The highest BCUT2D eigenvalue weighted by Gasteiger charge is 2.45. The lowest BCUT2D eigenvalue weighted by Gasteiger charge is -2.24. The first kappa shape index (κ1) is 14.7. The number of methoxy groups -OCH3 is 1. The summed E-state index contributed by atoms with van der Waals surface area (Å²) < 4.78 is 26.1. The predicted molar refractivity (Wildman–Crippen MR) is 69.9 cm³/mol. The van der Waals surface area contributed by atoms with Gasteiger partial charge in [-0.05, 0) is 24.3 Å². The van der Waals surface area contributed by atoms with E-state index >= 15 is 0 Å². The van der Waals surface area contributed by atoms with E-state index in [1.807, 2.05) is 24.3 Å². The normalized spacial score (nSPS) is 11.1. The first-order valence-corrected chi connectivity index (χ1v) is 6.92. The fraction of sp³-hybridized carbons (Fsp3) is 0.333. The molecule has 0 amide bonds. The van der Waals surface area contributed by atoms with Gasteiger partial charge in [-0.2, -0.15) is 0 Å². The van der Waals surface area contributed by atoms with Gasteiger partial charge >= 0.3 is 9.05 Å². The molecule has 0 N–H and O–H groups in total. The molecule has 0 aromatic heterocycles. The summed E-state index contributed by atoms with van der Waals surface area (Å²) in [6.07, 6.45) is 0. The zero-order valence-corrected chi connectivity index (χ0v) is 12.1. The van der Waals surface area contributed by atoms with Gasteiger partial charge in [0.1, 0.15) is 11.5 Å². The van der Waals surface area contributed by atoms with Crippen LogP contribution in [0.15, 0.2) is 30.8 Å². The SMILES string of the molecule is C=C(O[Si](OC)(OC)OC)c1ccc(OC)cc1. The van der Waals surface area contributed by atoms with Crippen LogP contribution in [0.1, 0.15) is 5.56 Å². The Kier molecular flexibility index (Phi) is 5.36. The van der Waals surface area contributed by atoms with E-state index in [2.05, 4.69) is 6.58 Å². The Morgan fingerprint density at radius 3 is 1.83 bits per heavy atom. The second-order valence-corrected chi connectivity index (χ2v) is 5.79. The van der Waals surface area contributed by atoms with Gasteiger partial charge in [-0.3, -0.25) is 0 Å². The number of rotatable bonds is 7. The van der Waals surface area contributed by atoms with Crippen LogP contribution in [0.3, 0.4) is 0 Å². The van der Waals surface area contributed by atoms with E-state index in [4.69, 9.17) is 22.4 Å². The summed E-state index contributed by atoms with van der Waals surface area (Å²) in [6.45, 7) is 3.84. The van der Waals surface area contributed by atoms with E-state index in [1.54, 1.807) is 7.11 Å². The molecule has 0 aliphatic heterocycles. The number of ether oxygens (including phenoxy) is 1. The molecule has 0 spiro atoms. The molecule has 100 valence electrons. The molecule has 0 heterocycles. The standard InChI is InChI=1S/C12H18O5Si/c1-10(17-18(14-3,15-4)16-5)11-6-8-12(13-2)9-7-11/h6-9H,1H2,2-5H3. The van der Waals surface area contributed by atoms with Crippen LogP contribution in [0.25, 0.3) is 5.76 Å². The number of hydrogen-bond donors (Lipinski definition) is 0. The fourth-order valence-electron chi connectivity index (χ4n) is 1.36. The van der Waals surface area contributed by atoms with Gasteiger partial charge < -0.3 is 22.4 Å². The van der Waals surface area contributed by atoms with E-state index in [-0.39, 0.29) is 0 Å². The molecule has 1 aromatic rings. The lowest BCUT2D eigenvalue weighted by Crippen LogP contribution is -2.45. The maximum Gasteiger partial charge on any atom is 0.748 e. The topological polar surface area (TPSA) is 46.2 Å². The Labute approximate surface area is 108 Å². The van der Waals surface area contributed by atoms with Crippen LogP contribution in [0.4, 0.5) is 0 Å². The van der Waals surface area contributed by atoms with Crippen molar-refractivity contribution in [2.24, 2.45) is 0 Å². The second kappa shape index (κ2) is 6.55. The average Bonchev–Trinajstić information content (AvgIpc) is 2.45. The molecular formula is C12H18O5Si. The molecule has 5 nitrogen and oxygen atoms in total. The van der Waals surface area contributed by atoms with Crippen molar-refractivity contribution in [3.63, 3.8) is 0 Å².